The number of hydrogen-bond acceptors (Lipinski definition) is 8. The first kappa shape index (κ1) is 5.52. The molecule has 0 N–H and O–H groups in total. The molecule has 0 unspecified atom stereocenters. The molecule has 0 atom stereocenters. The fourth-order valence-corrected chi connectivity index (χ4v) is 0.892. The minimum atomic E-state index is 0.290. The van der Waals surface area contributed by atoms with Crippen LogP contribution in [0.1, 0.15) is 0 Å². The summed E-state index contributed by atoms with van der Waals surface area (Å²) in [7, 11) is 0. The maximum Gasteiger partial charge on any atom is 0.247 e. The van der Waals surface area contributed by atoms with Gasteiger partial charge in [0.05, 0.1) is 0 Å². The normalized spacial score (nSPS) is 11.3. The third kappa shape index (κ3) is 0.516. The van der Waals surface area contributed by atoms with Crippen LogP contribution in [0.2, 0.25) is 0 Å². The molecule has 0 saturated heterocycles. The molecule has 0 radical (unpaired) electrons. The quantitative estimate of drug-likeness (QED) is 0.440. The van der Waals surface area contributed by atoms with Gasteiger partial charge in [0.25, 0.3) is 0 Å². The van der Waals surface area contributed by atoms with Gasteiger partial charge in [-0.15, -0.1) is 10.2 Å². The molecule has 3 heterocycles. The summed E-state index contributed by atoms with van der Waals surface area (Å²) in [5, 5.41) is 21.4. The van der Waals surface area contributed by atoms with Gasteiger partial charge in [-0.2, -0.15) is 0 Å². The number of hydrogen-bond donors (Lipinski definition) is 0. The van der Waals surface area contributed by atoms with Crippen LogP contribution in [0.5, 0.6) is 0 Å². The molecule has 58 valence electrons. The lowest BCUT2D eigenvalue weighted by atomic mass is 10.4. The van der Waals surface area contributed by atoms with Crippen molar-refractivity contribution >= 4 is 22.3 Å². The van der Waals surface area contributed by atoms with Crippen LogP contribution in [0.4, 0.5) is 0 Å². The Morgan fingerprint density at radius 3 is 1.67 bits per heavy atom. The Kier molecular flexibility index (Phi) is 0.793. The predicted octanol–water partition coefficient (Wildman–Crippen LogP) is -0.451. The summed E-state index contributed by atoms with van der Waals surface area (Å²) in [5.41, 5.74) is 1.39. The van der Waals surface area contributed by atoms with E-state index in [0.29, 0.717) is 22.3 Å². The zero-order valence-corrected chi connectivity index (χ0v) is 5.50. The van der Waals surface area contributed by atoms with Gasteiger partial charge in [-0.3, -0.25) is 0 Å². The molecule has 0 fully saturated rings. The van der Waals surface area contributed by atoms with Crippen molar-refractivity contribution in [3.8, 4) is 0 Å². The van der Waals surface area contributed by atoms with Gasteiger partial charge in [-0.25, -0.2) is 9.26 Å². The maximum atomic E-state index is 4.43. The smallest absolute Gasteiger partial charge is 0.242 e. The van der Waals surface area contributed by atoms with E-state index < -0.39 is 0 Å². The van der Waals surface area contributed by atoms with E-state index in [2.05, 4.69) is 40.1 Å². The minimum absolute atomic E-state index is 0.290. The van der Waals surface area contributed by atoms with E-state index in [-0.39, 0.29) is 0 Å². The van der Waals surface area contributed by atoms with Crippen molar-refractivity contribution in [1.82, 2.24) is 30.8 Å². The van der Waals surface area contributed by atoms with Crippen LogP contribution >= 0.6 is 0 Å². The van der Waals surface area contributed by atoms with Crippen molar-refractivity contribution in [2.45, 2.75) is 0 Å². The van der Waals surface area contributed by atoms with Gasteiger partial charge >= 0.3 is 0 Å². The first-order chi connectivity index (χ1) is 5.95. The molecule has 0 aliphatic heterocycles. The topological polar surface area (TPSA) is 104 Å². The van der Waals surface area contributed by atoms with Gasteiger partial charge in [0.1, 0.15) is 0 Å². The van der Waals surface area contributed by atoms with Crippen LogP contribution in [0, 0.1) is 0 Å². The highest BCUT2D eigenvalue weighted by Crippen LogP contribution is 2.13. The number of rotatable bonds is 0. The van der Waals surface area contributed by atoms with Crippen LogP contribution in [-0.4, -0.2) is 30.8 Å². The average molecular weight is 164 g/mol. The second kappa shape index (κ2) is 1.72. The van der Waals surface area contributed by atoms with Crippen LogP contribution in [0.3, 0.4) is 0 Å². The SMILES string of the molecule is n1nc2nonc2c2nonc12. The lowest BCUT2D eigenvalue weighted by Gasteiger charge is -1.78. The highest BCUT2D eigenvalue weighted by atomic mass is 16.6. The highest BCUT2D eigenvalue weighted by molar-refractivity contribution is 5.93. The van der Waals surface area contributed by atoms with Crippen molar-refractivity contribution < 1.29 is 9.26 Å². The van der Waals surface area contributed by atoms with E-state index in [9.17, 15) is 0 Å². The van der Waals surface area contributed by atoms with Crippen LogP contribution in [-0.2, 0) is 0 Å². The zero-order valence-electron chi connectivity index (χ0n) is 5.50. The van der Waals surface area contributed by atoms with E-state index >= 15 is 0 Å². The van der Waals surface area contributed by atoms with E-state index in [1.165, 1.54) is 0 Å². The number of nitrogens with zero attached hydrogens (tertiary/aromatic N) is 6. The van der Waals surface area contributed by atoms with Crippen molar-refractivity contribution in [1.29, 1.82) is 0 Å². The van der Waals surface area contributed by atoms with Gasteiger partial charge in [-0.1, -0.05) is 0 Å². The first-order valence-corrected chi connectivity index (χ1v) is 3.02. The second-order valence-corrected chi connectivity index (χ2v) is 2.07. The van der Waals surface area contributed by atoms with Gasteiger partial charge in [0.15, 0.2) is 11.0 Å². The van der Waals surface area contributed by atoms with E-state index in [1.54, 1.807) is 0 Å². The Morgan fingerprint density at radius 2 is 1.17 bits per heavy atom. The Bertz CT molecular complexity index is 491. The molecule has 0 saturated carbocycles. The second-order valence-electron chi connectivity index (χ2n) is 2.07. The van der Waals surface area contributed by atoms with Crippen LogP contribution < -0.4 is 0 Å². The molecule has 0 bridgehead atoms. The molecule has 0 spiro atoms. The predicted molar refractivity (Wildman–Crippen MR) is 32.8 cm³/mol. The third-order valence-electron chi connectivity index (χ3n) is 1.41. The standard InChI is InChI=1S/C4N6O2/c5-3-1(7-11-9-3)2-4(6-5)10-12-8-2. The molecule has 3 rings (SSSR count). The Labute approximate surface area is 63.5 Å². The molecule has 8 heteroatoms. The molecule has 0 aliphatic rings. The van der Waals surface area contributed by atoms with Crippen molar-refractivity contribution in [2.75, 3.05) is 0 Å². The fourth-order valence-electron chi connectivity index (χ4n) is 0.892. The van der Waals surface area contributed by atoms with Crippen molar-refractivity contribution in [3.05, 3.63) is 0 Å². The summed E-state index contributed by atoms with van der Waals surface area (Å²) in [6, 6.07) is 0. The Hall–Kier alpha value is -2.12. The molecular formula is C4N6O2. The van der Waals surface area contributed by atoms with Gasteiger partial charge in [0.2, 0.25) is 11.3 Å². The van der Waals surface area contributed by atoms with E-state index in [1.807, 2.05) is 0 Å². The Balaban J connectivity index is 2.71. The summed E-state index contributed by atoms with van der Waals surface area (Å²) in [4.78, 5) is 0. The lowest BCUT2D eigenvalue weighted by molar-refractivity contribution is 0.310. The Morgan fingerprint density at radius 1 is 0.667 bits per heavy atom. The molecule has 0 aromatic carbocycles. The van der Waals surface area contributed by atoms with Crippen LogP contribution in [0.15, 0.2) is 9.26 Å². The summed E-state index contributed by atoms with van der Waals surface area (Å²) in [6.07, 6.45) is 0. The summed E-state index contributed by atoms with van der Waals surface area (Å²) < 4.78 is 8.86. The molecule has 0 amide bonds. The molecule has 3 aromatic heterocycles. The first-order valence-electron chi connectivity index (χ1n) is 3.02. The third-order valence-corrected chi connectivity index (χ3v) is 1.41. The maximum absolute atomic E-state index is 4.43. The van der Waals surface area contributed by atoms with Crippen LogP contribution in [0.25, 0.3) is 22.3 Å². The average Bonchev–Trinajstić information content (AvgIpc) is 2.71. The summed E-state index contributed by atoms with van der Waals surface area (Å²) >= 11 is 0. The van der Waals surface area contributed by atoms with Gasteiger partial charge in [-0.05, 0) is 20.6 Å². The van der Waals surface area contributed by atoms with E-state index in [0.717, 1.165) is 0 Å². The lowest BCUT2D eigenvalue weighted by Crippen LogP contribution is -1.84. The molecule has 0 aliphatic carbocycles. The molecule has 8 nitrogen and oxygen atoms in total. The fraction of sp³-hybridized carbons (Fsp3) is 0. The minimum Gasteiger partial charge on any atom is -0.242 e. The largest absolute Gasteiger partial charge is 0.247 e. The summed E-state index contributed by atoms with van der Waals surface area (Å²) in [6.45, 7) is 0. The highest BCUT2D eigenvalue weighted by Gasteiger charge is 2.12. The molecule has 3 aromatic rings. The molecule has 12 heavy (non-hydrogen) atoms. The number of aromatic nitrogens is 6. The van der Waals surface area contributed by atoms with Gasteiger partial charge < -0.3 is 0 Å². The van der Waals surface area contributed by atoms with Gasteiger partial charge in [0, 0.05) is 0 Å². The summed E-state index contributed by atoms with van der Waals surface area (Å²) in [5.74, 6) is 0. The van der Waals surface area contributed by atoms with Crippen molar-refractivity contribution in [2.24, 2.45) is 0 Å². The van der Waals surface area contributed by atoms with E-state index in [4.69, 9.17) is 0 Å². The molecular weight excluding hydrogens is 164 g/mol. The number of fused-ring (bicyclic) bond motifs is 3. The van der Waals surface area contributed by atoms with Crippen molar-refractivity contribution in [3.63, 3.8) is 0 Å². The zero-order chi connectivity index (χ0) is 7.97. The monoisotopic (exact) mass is 164 g/mol.